The molecule has 2 aromatic rings. The van der Waals surface area contributed by atoms with E-state index in [1.165, 1.54) is 6.07 Å². The van der Waals surface area contributed by atoms with Gasteiger partial charge in [0.25, 0.3) is 0 Å². The number of benzene rings is 2. The molecule has 4 N–H and O–H groups in total. The first kappa shape index (κ1) is 12.1. The van der Waals surface area contributed by atoms with Gasteiger partial charge >= 0.3 is 0 Å². The molecular formula is C11H11NO4P-. The minimum atomic E-state index is -4.88. The molecule has 0 unspecified atom stereocenters. The molecule has 0 aliphatic heterocycles. The van der Waals surface area contributed by atoms with Crippen LogP contribution in [0.15, 0.2) is 36.4 Å². The van der Waals surface area contributed by atoms with E-state index in [4.69, 9.17) is 0 Å². The average Bonchev–Trinajstić information content (AvgIpc) is 2.27. The Hall–Kier alpha value is -1.39. The summed E-state index contributed by atoms with van der Waals surface area (Å²) >= 11 is 0. The Morgan fingerprint density at radius 3 is 2.47 bits per heavy atom. The molecule has 0 radical (unpaired) electrons. The lowest BCUT2D eigenvalue weighted by atomic mass is 10.0. The van der Waals surface area contributed by atoms with E-state index >= 15 is 0 Å². The van der Waals surface area contributed by atoms with Crippen LogP contribution < -0.4 is 15.5 Å². The summed E-state index contributed by atoms with van der Waals surface area (Å²) in [7, 11) is -4.88. The Bertz CT molecular complexity index is 607. The monoisotopic (exact) mass is 252 g/mol. The van der Waals surface area contributed by atoms with Gasteiger partial charge in [0.1, 0.15) is 11.5 Å². The van der Waals surface area contributed by atoms with Crippen LogP contribution in [0.2, 0.25) is 0 Å². The molecule has 0 bridgehead atoms. The third-order valence-corrected chi connectivity index (χ3v) is 3.68. The zero-order valence-electron chi connectivity index (χ0n) is 8.87. The van der Waals surface area contributed by atoms with Crippen LogP contribution in [-0.4, -0.2) is 5.11 Å². The fourth-order valence-corrected chi connectivity index (χ4v) is 2.38. The fraction of sp³-hybridized carbons (Fsp3) is 0.0909. The van der Waals surface area contributed by atoms with Gasteiger partial charge < -0.3 is 25.2 Å². The van der Waals surface area contributed by atoms with Crippen molar-refractivity contribution < 1.29 is 25.2 Å². The minimum Gasteiger partial charge on any atom is -0.806 e. The molecule has 0 aliphatic carbocycles. The van der Waals surface area contributed by atoms with Gasteiger partial charge in [0, 0.05) is 0 Å². The largest absolute Gasteiger partial charge is 0.806 e. The topological polar surface area (TPSA) is 111 Å². The van der Waals surface area contributed by atoms with Gasteiger partial charge in [-0.15, -0.1) is 0 Å². The molecule has 5 nitrogen and oxygen atoms in total. The van der Waals surface area contributed by atoms with Crippen molar-refractivity contribution >= 4 is 18.4 Å². The molecule has 1 atom stereocenters. The van der Waals surface area contributed by atoms with Crippen molar-refractivity contribution in [2.45, 2.75) is 5.78 Å². The van der Waals surface area contributed by atoms with E-state index in [0.29, 0.717) is 5.39 Å². The minimum absolute atomic E-state index is 0.0661. The van der Waals surface area contributed by atoms with Crippen molar-refractivity contribution in [2.24, 2.45) is 0 Å². The first-order valence-electron chi connectivity index (χ1n) is 4.96. The van der Waals surface area contributed by atoms with Crippen LogP contribution in [0.4, 0.5) is 0 Å². The molecular weight excluding hydrogens is 241 g/mol. The van der Waals surface area contributed by atoms with Gasteiger partial charge in [0.15, 0.2) is 0 Å². The van der Waals surface area contributed by atoms with Gasteiger partial charge in [-0.1, -0.05) is 30.3 Å². The third-order valence-electron chi connectivity index (χ3n) is 2.66. The van der Waals surface area contributed by atoms with E-state index in [0.717, 1.165) is 5.39 Å². The van der Waals surface area contributed by atoms with E-state index in [1.807, 2.05) is 0 Å². The van der Waals surface area contributed by atoms with Crippen molar-refractivity contribution in [2.75, 3.05) is 0 Å². The highest BCUT2D eigenvalue weighted by Crippen LogP contribution is 2.44. The van der Waals surface area contributed by atoms with E-state index in [2.05, 4.69) is 5.73 Å². The van der Waals surface area contributed by atoms with E-state index in [9.17, 15) is 19.5 Å². The smallest absolute Gasteiger partial charge is 0.139 e. The Morgan fingerprint density at radius 2 is 1.82 bits per heavy atom. The number of phenols is 1. The second-order valence-corrected chi connectivity index (χ2v) is 5.48. The summed E-state index contributed by atoms with van der Waals surface area (Å²) in [5.41, 5.74) is 3.41. The average molecular weight is 252 g/mol. The van der Waals surface area contributed by atoms with E-state index in [1.54, 1.807) is 30.3 Å². The standard InChI is InChI=1S/C11H12NO4P/c12-11(17(14,15)16)10-8-4-2-1-3-7(8)5-6-9(10)13/h1-6,11,13H,12H2,(H2,14,15,16)/p-1/t11-/m1/s1. The van der Waals surface area contributed by atoms with Crippen molar-refractivity contribution in [3.63, 3.8) is 0 Å². The van der Waals surface area contributed by atoms with Crippen LogP contribution in [-0.2, 0) is 4.57 Å². The number of rotatable bonds is 2. The zero-order chi connectivity index (χ0) is 12.6. The summed E-state index contributed by atoms with van der Waals surface area (Å²) in [6.45, 7) is 0. The fourth-order valence-electron chi connectivity index (χ4n) is 1.79. The Labute approximate surface area is 97.7 Å². The van der Waals surface area contributed by atoms with Gasteiger partial charge in [-0.25, -0.2) is 0 Å². The molecule has 0 amide bonds. The molecule has 0 aliphatic rings. The van der Waals surface area contributed by atoms with Crippen molar-refractivity contribution in [1.82, 2.24) is 0 Å². The molecule has 0 heterocycles. The summed E-state index contributed by atoms with van der Waals surface area (Å²) in [5, 5.41) is 11.0. The van der Waals surface area contributed by atoms with Crippen LogP contribution in [0.1, 0.15) is 11.3 Å². The molecule has 0 spiro atoms. The predicted octanol–water partition coefficient (Wildman–Crippen LogP) is -0.300. The number of hydrogen-bond acceptors (Lipinski definition) is 4. The van der Waals surface area contributed by atoms with Crippen LogP contribution in [0, 0.1) is 0 Å². The van der Waals surface area contributed by atoms with Gasteiger partial charge in [0.05, 0.1) is 5.56 Å². The van der Waals surface area contributed by atoms with Crippen LogP contribution in [0.5, 0.6) is 5.75 Å². The Balaban J connectivity index is 2.75. The first-order chi connectivity index (χ1) is 7.91. The molecule has 17 heavy (non-hydrogen) atoms. The van der Waals surface area contributed by atoms with Crippen LogP contribution in [0.3, 0.4) is 0 Å². The van der Waals surface area contributed by atoms with Crippen molar-refractivity contribution in [1.29, 1.82) is 0 Å². The lowest BCUT2D eigenvalue weighted by molar-refractivity contribution is -0.434. The van der Waals surface area contributed by atoms with Gasteiger partial charge in [-0.3, -0.25) is 0 Å². The predicted molar refractivity (Wildman–Crippen MR) is 58.8 cm³/mol. The molecule has 90 valence electrons. The molecule has 0 saturated carbocycles. The third kappa shape index (κ3) is 2.18. The van der Waals surface area contributed by atoms with Crippen molar-refractivity contribution in [3.05, 3.63) is 42.0 Å². The van der Waals surface area contributed by atoms with Gasteiger partial charge in [0.2, 0.25) is 0 Å². The number of fused-ring (bicyclic) bond motifs is 1. The zero-order valence-corrected chi connectivity index (χ0v) is 9.76. The maximum absolute atomic E-state index is 11.0. The lowest BCUT2D eigenvalue weighted by Crippen LogP contribution is -2.56. The first-order valence-corrected chi connectivity index (χ1v) is 6.58. The number of aromatic hydroxyl groups is 1. The highest BCUT2D eigenvalue weighted by atomic mass is 31.2. The molecule has 0 fully saturated rings. The number of hydrogen-bond donors (Lipinski definition) is 2. The van der Waals surface area contributed by atoms with Crippen LogP contribution >= 0.6 is 7.60 Å². The number of quaternary nitrogens is 1. The maximum Gasteiger partial charge on any atom is 0.139 e. The highest BCUT2D eigenvalue weighted by molar-refractivity contribution is 7.48. The van der Waals surface area contributed by atoms with Crippen molar-refractivity contribution in [3.8, 4) is 5.75 Å². The van der Waals surface area contributed by atoms with Gasteiger partial charge in [-0.2, -0.15) is 0 Å². The second kappa shape index (κ2) is 4.13. The summed E-state index contributed by atoms with van der Waals surface area (Å²) in [4.78, 5) is 22.1. The molecule has 2 aromatic carbocycles. The lowest BCUT2D eigenvalue weighted by Gasteiger charge is -2.33. The normalized spacial score (nSPS) is 13.8. The molecule has 0 aromatic heterocycles. The quantitative estimate of drug-likeness (QED) is 0.714. The second-order valence-electron chi connectivity index (χ2n) is 3.78. The van der Waals surface area contributed by atoms with E-state index in [-0.39, 0.29) is 11.3 Å². The Kier molecular flexibility index (Phi) is 2.93. The molecule has 2 rings (SSSR count). The maximum atomic E-state index is 11.0. The summed E-state index contributed by atoms with van der Waals surface area (Å²) in [6.07, 6.45) is 0. The molecule has 0 saturated heterocycles. The summed E-state index contributed by atoms with van der Waals surface area (Å²) in [5.74, 6) is -1.72. The Morgan fingerprint density at radius 1 is 1.18 bits per heavy atom. The van der Waals surface area contributed by atoms with Gasteiger partial charge in [-0.05, 0) is 24.4 Å². The molecule has 6 heteroatoms. The van der Waals surface area contributed by atoms with Crippen LogP contribution in [0.25, 0.3) is 10.8 Å². The number of phenolic OH excluding ortho intramolecular Hbond substituents is 1. The highest BCUT2D eigenvalue weighted by Gasteiger charge is 2.20. The summed E-state index contributed by atoms with van der Waals surface area (Å²) in [6, 6.07) is 9.93. The SMILES string of the molecule is [NH3+][C@@H](c1c(O)ccc2ccccc12)P(=O)([O-])[O-]. The summed E-state index contributed by atoms with van der Waals surface area (Å²) < 4.78 is 11.0. The van der Waals surface area contributed by atoms with E-state index < -0.39 is 13.4 Å².